The van der Waals surface area contributed by atoms with Gasteiger partial charge < -0.3 is 19.2 Å². The van der Waals surface area contributed by atoms with Crippen molar-refractivity contribution in [2.75, 3.05) is 13.7 Å². The number of benzene rings is 2. The van der Waals surface area contributed by atoms with Gasteiger partial charge in [0.05, 0.1) is 20.3 Å². The van der Waals surface area contributed by atoms with E-state index in [1.54, 1.807) is 7.11 Å². The molecule has 0 saturated carbocycles. The van der Waals surface area contributed by atoms with E-state index in [9.17, 15) is 4.79 Å². The van der Waals surface area contributed by atoms with Crippen molar-refractivity contribution in [2.45, 2.75) is 19.4 Å². The standard InChI is InChI=1S/C20H21N3O4/c1-25-16-11-9-15(10-12-16)20-23-22-19(27-20)14-21-18(24)8-5-13-26-17-6-3-2-4-7-17/h2-4,6-7,9-12H,5,8,13-14H2,1H3,(H,21,24). The van der Waals surface area contributed by atoms with E-state index < -0.39 is 0 Å². The topological polar surface area (TPSA) is 86.5 Å². The molecule has 0 aliphatic carbocycles. The van der Waals surface area contributed by atoms with Crippen LogP contribution in [0.3, 0.4) is 0 Å². The summed E-state index contributed by atoms with van der Waals surface area (Å²) in [6, 6.07) is 16.8. The lowest BCUT2D eigenvalue weighted by molar-refractivity contribution is -0.121. The Bertz CT molecular complexity index is 847. The first kappa shape index (κ1) is 18.4. The summed E-state index contributed by atoms with van der Waals surface area (Å²) in [5.41, 5.74) is 0.791. The Morgan fingerprint density at radius 1 is 1.04 bits per heavy atom. The Kier molecular flexibility index (Phi) is 6.40. The molecule has 1 N–H and O–H groups in total. The van der Waals surface area contributed by atoms with Crippen molar-refractivity contribution >= 4 is 5.91 Å². The zero-order valence-electron chi connectivity index (χ0n) is 15.1. The molecule has 140 valence electrons. The number of hydrogen-bond donors (Lipinski definition) is 1. The van der Waals surface area contributed by atoms with Crippen molar-refractivity contribution in [2.24, 2.45) is 0 Å². The van der Waals surface area contributed by atoms with Gasteiger partial charge in [-0.05, 0) is 42.8 Å². The van der Waals surface area contributed by atoms with Gasteiger partial charge in [-0.15, -0.1) is 10.2 Å². The molecule has 3 aromatic rings. The first-order valence-corrected chi connectivity index (χ1v) is 8.66. The van der Waals surface area contributed by atoms with Gasteiger partial charge in [0.1, 0.15) is 11.5 Å². The molecule has 3 rings (SSSR count). The Morgan fingerprint density at radius 3 is 2.56 bits per heavy atom. The maximum Gasteiger partial charge on any atom is 0.247 e. The molecule has 0 fully saturated rings. The largest absolute Gasteiger partial charge is 0.497 e. The van der Waals surface area contributed by atoms with E-state index >= 15 is 0 Å². The van der Waals surface area contributed by atoms with Crippen LogP contribution in [0.25, 0.3) is 11.5 Å². The SMILES string of the molecule is COc1ccc(-c2nnc(CNC(=O)CCCOc3ccccc3)o2)cc1. The quantitative estimate of drug-likeness (QED) is 0.585. The third kappa shape index (κ3) is 5.57. The number of aromatic nitrogens is 2. The number of para-hydroxylation sites is 1. The number of methoxy groups -OCH3 is 1. The number of ether oxygens (including phenoxy) is 2. The first-order chi connectivity index (χ1) is 13.2. The van der Waals surface area contributed by atoms with Gasteiger partial charge >= 0.3 is 0 Å². The van der Waals surface area contributed by atoms with E-state index in [-0.39, 0.29) is 12.5 Å². The normalized spacial score (nSPS) is 10.4. The van der Waals surface area contributed by atoms with Crippen molar-refractivity contribution in [3.05, 3.63) is 60.5 Å². The molecule has 0 atom stereocenters. The second-order valence-corrected chi connectivity index (χ2v) is 5.77. The van der Waals surface area contributed by atoms with Crippen molar-refractivity contribution in [1.29, 1.82) is 0 Å². The van der Waals surface area contributed by atoms with Crippen LogP contribution in [0, 0.1) is 0 Å². The fourth-order valence-corrected chi connectivity index (χ4v) is 2.38. The van der Waals surface area contributed by atoms with Crippen LogP contribution in [0.2, 0.25) is 0 Å². The zero-order valence-corrected chi connectivity index (χ0v) is 15.1. The van der Waals surface area contributed by atoms with E-state index in [4.69, 9.17) is 13.9 Å². The highest BCUT2D eigenvalue weighted by atomic mass is 16.5. The van der Waals surface area contributed by atoms with Crippen LogP contribution in [0.1, 0.15) is 18.7 Å². The number of carbonyl (C=O) groups is 1. The summed E-state index contributed by atoms with van der Waals surface area (Å²) in [5, 5.41) is 10.7. The minimum Gasteiger partial charge on any atom is -0.497 e. The van der Waals surface area contributed by atoms with Gasteiger partial charge in [0.25, 0.3) is 0 Å². The molecule has 0 spiro atoms. The summed E-state index contributed by atoms with van der Waals surface area (Å²) >= 11 is 0. The molecule has 2 aromatic carbocycles. The highest BCUT2D eigenvalue weighted by Gasteiger charge is 2.10. The smallest absolute Gasteiger partial charge is 0.247 e. The lowest BCUT2D eigenvalue weighted by Gasteiger charge is -2.05. The van der Waals surface area contributed by atoms with Gasteiger partial charge in [-0.25, -0.2) is 0 Å². The predicted octanol–water partition coefficient (Wildman–Crippen LogP) is 3.22. The lowest BCUT2D eigenvalue weighted by atomic mass is 10.2. The molecule has 1 amide bonds. The van der Waals surface area contributed by atoms with Gasteiger partial charge in [0.2, 0.25) is 17.7 Å². The van der Waals surface area contributed by atoms with Crippen molar-refractivity contribution in [3.8, 4) is 23.0 Å². The van der Waals surface area contributed by atoms with Crippen LogP contribution in [-0.2, 0) is 11.3 Å². The predicted molar refractivity (Wildman–Crippen MR) is 99.3 cm³/mol. The Balaban J connectivity index is 1.39. The molecule has 0 aliphatic rings. The van der Waals surface area contributed by atoms with E-state index in [1.807, 2.05) is 54.6 Å². The van der Waals surface area contributed by atoms with E-state index in [0.717, 1.165) is 17.1 Å². The minimum absolute atomic E-state index is 0.0872. The molecular formula is C20H21N3O4. The number of carbonyl (C=O) groups excluding carboxylic acids is 1. The summed E-state index contributed by atoms with van der Waals surface area (Å²) in [6.07, 6.45) is 0.994. The summed E-state index contributed by atoms with van der Waals surface area (Å²) in [4.78, 5) is 11.9. The summed E-state index contributed by atoms with van der Waals surface area (Å²) in [5.74, 6) is 2.22. The van der Waals surface area contributed by atoms with Gasteiger partial charge in [-0.2, -0.15) is 0 Å². The molecule has 0 aliphatic heterocycles. The molecule has 1 aromatic heterocycles. The lowest BCUT2D eigenvalue weighted by Crippen LogP contribution is -2.23. The van der Waals surface area contributed by atoms with Crippen molar-refractivity contribution in [3.63, 3.8) is 0 Å². The Hall–Kier alpha value is -3.35. The summed E-state index contributed by atoms with van der Waals surface area (Å²) in [7, 11) is 1.61. The molecule has 0 bridgehead atoms. The number of amides is 1. The van der Waals surface area contributed by atoms with E-state index in [2.05, 4.69) is 15.5 Å². The monoisotopic (exact) mass is 367 g/mol. The fourth-order valence-electron chi connectivity index (χ4n) is 2.38. The van der Waals surface area contributed by atoms with Gasteiger partial charge in [-0.1, -0.05) is 18.2 Å². The maximum atomic E-state index is 11.9. The maximum absolute atomic E-state index is 11.9. The van der Waals surface area contributed by atoms with Crippen molar-refractivity contribution < 1.29 is 18.7 Å². The van der Waals surface area contributed by atoms with Gasteiger partial charge in [0, 0.05) is 12.0 Å². The Labute approximate surface area is 157 Å². The summed E-state index contributed by atoms with van der Waals surface area (Å²) < 4.78 is 16.3. The van der Waals surface area contributed by atoms with Crippen LogP contribution >= 0.6 is 0 Å². The molecule has 7 nitrogen and oxygen atoms in total. The third-order valence-corrected chi connectivity index (χ3v) is 3.80. The van der Waals surface area contributed by atoms with Gasteiger partial charge in [-0.3, -0.25) is 4.79 Å². The van der Waals surface area contributed by atoms with E-state index in [1.165, 1.54) is 0 Å². The molecule has 0 saturated heterocycles. The average molecular weight is 367 g/mol. The zero-order chi connectivity index (χ0) is 18.9. The van der Waals surface area contributed by atoms with E-state index in [0.29, 0.717) is 31.2 Å². The Morgan fingerprint density at radius 2 is 1.81 bits per heavy atom. The van der Waals surface area contributed by atoms with Crippen molar-refractivity contribution in [1.82, 2.24) is 15.5 Å². The highest BCUT2D eigenvalue weighted by Crippen LogP contribution is 2.21. The molecule has 7 heteroatoms. The molecule has 0 radical (unpaired) electrons. The number of hydrogen-bond acceptors (Lipinski definition) is 6. The number of rotatable bonds is 9. The van der Waals surface area contributed by atoms with Crippen LogP contribution < -0.4 is 14.8 Å². The highest BCUT2D eigenvalue weighted by molar-refractivity contribution is 5.75. The van der Waals surface area contributed by atoms with Gasteiger partial charge in [0.15, 0.2) is 0 Å². The second kappa shape index (κ2) is 9.38. The fraction of sp³-hybridized carbons (Fsp3) is 0.250. The molecule has 27 heavy (non-hydrogen) atoms. The molecular weight excluding hydrogens is 346 g/mol. The van der Waals surface area contributed by atoms with Crippen LogP contribution in [0.5, 0.6) is 11.5 Å². The first-order valence-electron chi connectivity index (χ1n) is 8.66. The van der Waals surface area contributed by atoms with Crippen LogP contribution in [0.15, 0.2) is 59.0 Å². The average Bonchev–Trinajstić information content (AvgIpc) is 3.19. The van der Waals surface area contributed by atoms with Crippen LogP contribution in [-0.4, -0.2) is 29.8 Å². The number of nitrogens with one attached hydrogen (secondary N) is 1. The number of nitrogens with zero attached hydrogens (tertiary/aromatic N) is 2. The minimum atomic E-state index is -0.0872. The van der Waals surface area contributed by atoms with Crippen LogP contribution in [0.4, 0.5) is 0 Å². The molecule has 0 unspecified atom stereocenters. The summed E-state index contributed by atoms with van der Waals surface area (Å²) in [6.45, 7) is 0.682. The second-order valence-electron chi connectivity index (χ2n) is 5.77. The third-order valence-electron chi connectivity index (χ3n) is 3.80. The molecule has 1 heterocycles.